The van der Waals surface area contributed by atoms with Crippen LogP contribution >= 0.6 is 23.2 Å². The van der Waals surface area contributed by atoms with E-state index >= 15 is 0 Å². The van der Waals surface area contributed by atoms with Crippen LogP contribution in [-0.2, 0) is 14.8 Å². The lowest BCUT2D eigenvalue weighted by Gasteiger charge is -2.21. The molecule has 1 aliphatic rings. The van der Waals surface area contributed by atoms with Crippen LogP contribution in [0.3, 0.4) is 0 Å². The van der Waals surface area contributed by atoms with Gasteiger partial charge in [0.05, 0.1) is 20.6 Å². The molecule has 1 aliphatic heterocycles. The summed E-state index contributed by atoms with van der Waals surface area (Å²) in [5, 5.41) is 9.99. The standard InChI is InChI=1S/C29H23Cl2NO5S/c30-26-12-11-23(17-27(26)31)37-22-7-4-8-24(16-22)38(35,36)32-18-21(10-14-29(33)34)25-15-20(9-13-28(25)32)19-5-2-1-3-6-19/h1-9,11-13,15-17,21H,10,14,18H2,(H,33,34). The van der Waals surface area contributed by atoms with E-state index in [0.717, 1.165) is 16.7 Å². The average Bonchev–Trinajstić information content (AvgIpc) is 3.29. The molecule has 0 saturated carbocycles. The van der Waals surface area contributed by atoms with Gasteiger partial charge in [0, 0.05) is 31.0 Å². The van der Waals surface area contributed by atoms with E-state index < -0.39 is 16.0 Å². The maximum atomic E-state index is 13.9. The van der Waals surface area contributed by atoms with E-state index in [1.54, 1.807) is 36.4 Å². The molecular formula is C29H23Cl2NO5S. The molecule has 1 atom stereocenters. The second-order valence-corrected chi connectivity index (χ2v) is 11.6. The Hall–Kier alpha value is -3.52. The SMILES string of the molecule is O=C(O)CCC1CN(S(=O)(=O)c2cccc(Oc3ccc(Cl)c(Cl)c3)c2)c2ccc(-c3ccccc3)cc21. The first kappa shape index (κ1) is 26.1. The summed E-state index contributed by atoms with van der Waals surface area (Å²) in [6, 6.07) is 26.5. The molecule has 1 unspecified atom stereocenters. The Labute approximate surface area is 231 Å². The molecule has 194 valence electrons. The Morgan fingerprint density at radius 3 is 2.37 bits per heavy atom. The second-order valence-electron chi connectivity index (χ2n) is 8.96. The first-order valence-corrected chi connectivity index (χ1v) is 14.1. The molecule has 0 aliphatic carbocycles. The van der Waals surface area contributed by atoms with E-state index in [1.807, 2.05) is 42.5 Å². The third-order valence-electron chi connectivity index (χ3n) is 6.46. The zero-order valence-electron chi connectivity index (χ0n) is 20.1. The Balaban J connectivity index is 1.49. The van der Waals surface area contributed by atoms with Gasteiger partial charge in [-0.2, -0.15) is 0 Å². The number of sulfonamides is 1. The van der Waals surface area contributed by atoms with Gasteiger partial charge in [-0.05, 0) is 59.5 Å². The number of carboxylic acids is 1. The van der Waals surface area contributed by atoms with E-state index in [-0.39, 0.29) is 23.8 Å². The second kappa shape index (κ2) is 10.7. The van der Waals surface area contributed by atoms with Gasteiger partial charge in [0.1, 0.15) is 11.5 Å². The monoisotopic (exact) mass is 567 g/mol. The molecule has 5 rings (SSSR count). The maximum absolute atomic E-state index is 13.9. The minimum atomic E-state index is -3.97. The van der Waals surface area contributed by atoms with Crippen molar-refractivity contribution in [3.63, 3.8) is 0 Å². The molecule has 0 radical (unpaired) electrons. The van der Waals surface area contributed by atoms with Crippen LogP contribution in [-0.4, -0.2) is 26.0 Å². The number of ether oxygens (including phenoxy) is 1. The minimum absolute atomic E-state index is 0.0550. The fourth-order valence-electron chi connectivity index (χ4n) is 4.59. The molecular weight excluding hydrogens is 545 g/mol. The number of halogens is 2. The molecule has 9 heteroatoms. The van der Waals surface area contributed by atoms with Gasteiger partial charge >= 0.3 is 5.97 Å². The summed E-state index contributed by atoms with van der Waals surface area (Å²) in [5.41, 5.74) is 3.32. The molecule has 1 heterocycles. The highest BCUT2D eigenvalue weighted by molar-refractivity contribution is 7.92. The fourth-order valence-corrected chi connectivity index (χ4v) is 6.45. The van der Waals surface area contributed by atoms with Crippen molar-refractivity contribution in [2.75, 3.05) is 10.8 Å². The zero-order chi connectivity index (χ0) is 26.9. The lowest BCUT2D eigenvalue weighted by molar-refractivity contribution is -0.137. The lowest BCUT2D eigenvalue weighted by atomic mass is 9.93. The van der Waals surface area contributed by atoms with Crippen molar-refractivity contribution in [1.82, 2.24) is 0 Å². The third-order valence-corrected chi connectivity index (χ3v) is 8.97. The summed E-state index contributed by atoms with van der Waals surface area (Å²) in [7, 11) is -3.97. The number of fused-ring (bicyclic) bond motifs is 1. The summed E-state index contributed by atoms with van der Waals surface area (Å²) < 4.78 is 34.9. The molecule has 1 N–H and O–H groups in total. The average molecular weight is 568 g/mol. The molecule has 0 bridgehead atoms. The van der Waals surface area contributed by atoms with Gasteiger partial charge in [-0.3, -0.25) is 9.10 Å². The van der Waals surface area contributed by atoms with E-state index in [9.17, 15) is 18.3 Å². The number of benzene rings is 4. The van der Waals surface area contributed by atoms with Crippen LogP contribution in [0, 0.1) is 0 Å². The van der Waals surface area contributed by atoms with Crippen LogP contribution in [0.2, 0.25) is 10.0 Å². The van der Waals surface area contributed by atoms with Crippen molar-refractivity contribution in [2.24, 2.45) is 0 Å². The first-order valence-electron chi connectivity index (χ1n) is 11.9. The third kappa shape index (κ3) is 5.36. The van der Waals surface area contributed by atoms with Gasteiger partial charge in [-0.25, -0.2) is 8.42 Å². The number of nitrogens with zero attached hydrogens (tertiary/aromatic N) is 1. The molecule has 38 heavy (non-hydrogen) atoms. The Bertz CT molecular complexity index is 1610. The molecule has 0 spiro atoms. The molecule has 0 aromatic heterocycles. The number of hydrogen-bond acceptors (Lipinski definition) is 4. The highest BCUT2D eigenvalue weighted by Gasteiger charge is 2.37. The van der Waals surface area contributed by atoms with Crippen molar-refractivity contribution in [3.05, 3.63) is 107 Å². The first-order chi connectivity index (χ1) is 18.2. The van der Waals surface area contributed by atoms with Crippen LogP contribution in [0.25, 0.3) is 11.1 Å². The van der Waals surface area contributed by atoms with Gasteiger partial charge in [-0.15, -0.1) is 0 Å². The fraction of sp³-hybridized carbons (Fsp3) is 0.138. The number of carboxylic acid groups (broad SMARTS) is 1. The maximum Gasteiger partial charge on any atom is 0.303 e. The zero-order valence-corrected chi connectivity index (χ0v) is 22.4. The summed E-state index contributed by atoms with van der Waals surface area (Å²) in [5.74, 6) is -0.428. The predicted octanol–water partition coefficient (Wildman–Crippen LogP) is 7.61. The number of carbonyl (C=O) groups is 1. The van der Waals surface area contributed by atoms with Gasteiger partial charge in [0.2, 0.25) is 0 Å². The van der Waals surface area contributed by atoms with Crippen molar-refractivity contribution in [2.45, 2.75) is 23.7 Å². The topological polar surface area (TPSA) is 83.9 Å². The minimum Gasteiger partial charge on any atom is -0.481 e. The van der Waals surface area contributed by atoms with Gasteiger partial charge in [0.15, 0.2) is 0 Å². The van der Waals surface area contributed by atoms with Crippen molar-refractivity contribution in [3.8, 4) is 22.6 Å². The smallest absolute Gasteiger partial charge is 0.303 e. The summed E-state index contributed by atoms with van der Waals surface area (Å²) in [4.78, 5) is 11.4. The molecule has 0 amide bonds. The number of hydrogen-bond donors (Lipinski definition) is 1. The molecule has 0 saturated heterocycles. The molecule has 4 aromatic carbocycles. The number of aliphatic carboxylic acids is 1. The number of rotatable bonds is 8. The van der Waals surface area contributed by atoms with Gasteiger partial charge in [-0.1, -0.05) is 65.7 Å². The van der Waals surface area contributed by atoms with Crippen LogP contribution < -0.4 is 9.04 Å². The summed E-state index contributed by atoms with van der Waals surface area (Å²) in [6.45, 7) is 0.154. The van der Waals surface area contributed by atoms with Crippen molar-refractivity contribution < 1.29 is 23.1 Å². The van der Waals surface area contributed by atoms with E-state index in [1.165, 1.54) is 16.4 Å². The van der Waals surface area contributed by atoms with Crippen LogP contribution in [0.1, 0.15) is 24.3 Å². The Morgan fingerprint density at radius 2 is 1.63 bits per heavy atom. The van der Waals surface area contributed by atoms with E-state index in [0.29, 0.717) is 33.7 Å². The molecule has 6 nitrogen and oxygen atoms in total. The van der Waals surface area contributed by atoms with Crippen molar-refractivity contribution >= 4 is 44.9 Å². The van der Waals surface area contributed by atoms with Crippen LogP contribution in [0.15, 0.2) is 95.9 Å². The van der Waals surface area contributed by atoms with Gasteiger partial charge in [0.25, 0.3) is 10.0 Å². The largest absolute Gasteiger partial charge is 0.481 e. The van der Waals surface area contributed by atoms with Crippen LogP contribution in [0.4, 0.5) is 5.69 Å². The van der Waals surface area contributed by atoms with Crippen LogP contribution in [0.5, 0.6) is 11.5 Å². The highest BCUT2D eigenvalue weighted by atomic mass is 35.5. The summed E-state index contributed by atoms with van der Waals surface area (Å²) in [6.07, 6.45) is 0.271. The van der Waals surface area contributed by atoms with E-state index in [4.69, 9.17) is 27.9 Å². The lowest BCUT2D eigenvalue weighted by Crippen LogP contribution is -2.30. The van der Waals surface area contributed by atoms with Crippen molar-refractivity contribution in [1.29, 1.82) is 0 Å². The Kier molecular flexibility index (Phi) is 7.34. The number of anilines is 1. The van der Waals surface area contributed by atoms with E-state index in [2.05, 4.69) is 0 Å². The Morgan fingerprint density at radius 1 is 0.868 bits per heavy atom. The molecule has 0 fully saturated rings. The van der Waals surface area contributed by atoms with Gasteiger partial charge < -0.3 is 9.84 Å². The normalized spacial score (nSPS) is 14.8. The summed E-state index contributed by atoms with van der Waals surface area (Å²) >= 11 is 12.0. The molecule has 4 aromatic rings. The predicted molar refractivity (Wildman–Crippen MR) is 149 cm³/mol. The quantitative estimate of drug-likeness (QED) is 0.237. The highest BCUT2D eigenvalue weighted by Crippen LogP contribution is 2.44.